The molecule has 3 aromatic rings. The van der Waals surface area contributed by atoms with Gasteiger partial charge >= 0.3 is 0 Å². The Morgan fingerprint density at radius 1 is 0.893 bits per heavy atom. The number of nitrogens with one attached hydrogen (secondary N) is 1. The van der Waals surface area contributed by atoms with Gasteiger partial charge in [0.05, 0.1) is 18.5 Å². The zero-order valence-corrected chi connectivity index (χ0v) is 15.8. The topological polar surface area (TPSA) is 72.3 Å². The molecule has 6 heteroatoms. The molecule has 0 bridgehead atoms. The molecule has 0 aliphatic rings. The number of aryl methyl sites for hydroxylation is 1. The third-order valence-electron chi connectivity index (χ3n) is 3.87. The number of benzene rings is 3. The minimum Gasteiger partial charge on any atom is -0.493 e. The van der Waals surface area contributed by atoms with Crippen LogP contribution in [-0.4, -0.2) is 19.6 Å². The number of hydrogen-bond donors (Lipinski definition) is 1. The number of ether oxygens (including phenoxy) is 2. The average molecular weight is 375 g/mol. The Balaban J connectivity index is 1.54. The van der Waals surface area contributed by atoms with Crippen molar-refractivity contribution in [2.75, 3.05) is 19.0 Å². The minimum absolute atomic E-state index is 0.116. The second-order valence-corrected chi connectivity index (χ2v) is 6.07. The highest BCUT2D eigenvalue weighted by atomic mass is 16.5. The molecule has 3 aromatic carbocycles. The Hall–Kier alpha value is -3.67. The smallest absolute Gasteiger partial charge is 0.262 e. The lowest BCUT2D eigenvalue weighted by molar-refractivity contribution is -0.118. The fourth-order valence-electron chi connectivity index (χ4n) is 2.46. The van der Waals surface area contributed by atoms with Gasteiger partial charge in [-0.15, -0.1) is 0 Å². The van der Waals surface area contributed by atoms with Crippen LogP contribution in [0.1, 0.15) is 5.56 Å². The van der Waals surface area contributed by atoms with E-state index in [2.05, 4.69) is 15.5 Å². The predicted octanol–water partition coefficient (Wildman–Crippen LogP) is 5.44. The molecule has 3 rings (SSSR count). The van der Waals surface area contributed by atoms with Crippen LogP contribution in [0.5, 0.6) is 11.5 Å². The van der Waals surface area contributed by atoms with Crippen LogP contribution in [0, 0.1) is 6.92 Å². The number of carbonyl (C=O) groups excluding carboxylic acids is 1. The van der Waals surface area contributed by atoms with Crippen LogP contribution in [0.4, 0.5) is 17.1 Å². The van der Waals surface area contributed by atoms with Crippen LogP contribution < -0.4 is 14.8 Å². The third kappa shape index (κ3) is 5.41. The van der Waals surface area contributed by atoms with Gasteiger partial charge < -0.3 is 14.8 Å². The first-order valence-corrected chi connectivity index (χ1v) is 8.78. The van der Waals surface area contributed by atoms with Gasteiger partial charge in [-0.05, 0) is 61.0 Å². The summed E-state index contributed by atoms with van der Waals surface area (Å²) in [6.45, 7) is 1.84. The Morgan fingerprint density at radius 3 is 2.25 bits per heavy atom. The lowest BCUT2D eigenvalue weighted by Crippen LogP contribution is -2.20. The number of amides is 1. The van der Waals surface area contributed by atoms with E-state index in [0.717, 1.165) is 11.3 Å². The number of nitrogens with zero attached hydrogens (tertiary/aromatic N) is 2. The van der Waals surface area contributed by atoms with Gasteiger partial charge in [-0.3, -0.25) is 4.79 Å². The van der Waals surface area contributed by atoms with E-state index in [4.69, 9.17) is 9.47 Å². The van der Waals surface area contributed by atoms with E-state index in [9.17, 15) is 4.79 Å². The molecule has 0 aliphatic carbocycles. The van der Waals surface area contributed by atoms with Crippen LogP contribution in [-0.2, 0) is 4.79 Å². The van der Waals surface area contributed by atoms with Gasteiger partial charge in [0, 0.05) is 5.69 Å². The van der Waals surface area contributed by atoms with Gasteiger partial charge in [0.15, 0.2) is 18.1 Å². The van der Waals surface area contributed by atoms with Crippen molar-refractivity contribution < 1.29 is 14.3 Å². The van der Waals surface area contributed by atoms with Crippen LogP contribution in [0.15, 0.2) is 83.0 Å². The number of anilines is 1. The molecule has 142 valence electrons. The molecule has 0 saturated carbocycles. The number of hydrogen-bond acceptors (Lipinski definition) is 5. The van der Waals surface area contributed by atoms with Crippen LogP contribution >= 0.6 is 0 Å². The van der Waals surface area contributed by atoms with Crippen molar-refractivity contribution in [1.82, 2.24) is 0 Å². The van der Waals surface area contributed by atoms with Crippen LogP contribution in [0.3, 0.4) is 0 Å². The molecule has 0 aromatic heterocycles. The van der Waals surface area contributed by atoms with Crippen molar-refractivity contribution in [3.63, 3.8) is 0 Å². The molecule has 0 aliphatic heterocycles. The molecule has 0 unspecified atom stereocenters. The second kappa shape index (κ2) is 9.32. The highest BCUT2D eigenvalue weighted by Crippen LogP contribution is 2.27. The van der Waals surface area contributed by atoms with Gasteiger partial charge in [0.25, 0.3) is 5.91 Å². The summed E-state index contributed by atoms with van der Waals surface area (Å²) >= 11 is 0. The van der Waals surface area contributed by atoms with Gasteiger partial charge in [0.1, 0.15) is 0 Å². The fraction of sp³-hybridized carbons (Fsp3) is 0.136. The molecule has 0 radical (unpaired) electrons. The summed E-state index contributed by atoms with van der Waals surface area (Å²) in [5.74, 6) is 0.863. The highest BCUT2D eigenvalue weighted by Gasteiger charge is 2.08. The van der Waals surface area contributed by atoms with Crippen LogP contribution in [0.2, 0.25) is 0 Å². The molecule has 0 saturated heterocycles. The molecule has 0 atom stereocenters. The molecule has 0 spiro atoms. The van der Waals surface area contributed by atoms with Crippen molar-refractivity contribution >= 4 is 23.0 Å². The van der Waals surface area contributed by atoms with Crippen molar-refractivity contribution in [1.29, 1.82) is 0 Å². The summed E-state index contributed by atoms with van der Waals surface area (Å²) in [4.78, 5) is 12.1. The normalized spacial score (nSPS) is 10.6. The van der Waals surface area contributed by atoms with E-state index in [-0.39, 0.29) is 12.5 Å². The fourth-order valence-corrected chi connectivity index (χ4v) is 2.46. The monoisotopic (exact) mass is 375 g/mol. The maximum Gasteiger partial charge on any atom is 0.262 e. The summed E-state index contributed by atoms with van der Waals surface area (Å²) in [5, 5.41) is 11.1. The molecular weight excluding hydrogens is 354 g/mol. The first kappa shape index (κ1) is 19.1. The summed E-state index contributed by atoms with van der Waals surface area (Å²) < 4.78 is 10.8. The SMILES string of the molecule is COc1cc(C)ccc1OCC(=O)Nc1ccc(N=Nc2ccccc2)cc1. The van der Waals surface area contributed by atoms with Crippen LogP contribution in [0.25, 0.3) is 0 Å². The van der Waals surface area contributed by atoms with Gasteiger partial charge in [-0.1, -0.05) is 24.3 Å². The van der Waals surface area contributed by atoms with Gasteiger partial charge in [0.2, 0.25) is 0 Å². The lowest BCUT2D eigenvalue weighted by Gasteiger charge is -2.11. The molecule has 1 N–H and O–H groups in total. The van der Waals surface area contributed by atoms with Crippen molar-refractivity contribution in [3.8, 4) is 11.5 Å². The summed E-state index contributed by atoms with van der Waals surface area (Å²) in [5.41, 5.74) is 3.19. The van der Waals surface area contributed by atoms with Gasteiger partial charge in [-0.25, -0.2) is 0 Å². The maximum absolute atomic E-state index is 12.1. The summed E-state index contributed by atoms with van der Waals surface area (Å²) in [7, 11) is 1.57. The zero-order valence-electron chi connectivity index (χ0n) is 15.8. The average Bonchev–Trinajstić information content (AvgIpc) is 2.73. The van der Waals surface area contributed by atoms with Crippen molar-refractivity contribution in [2.45, 2.75) is 6.92 Å². The number of methoxy groups -OCH3 is 1. The molecule has 28 heavy (non-hydrogen) atoms. The number of rotatable bonds is 7. The molecule has 0 heterocycles. The first-order valence-electron chi connectivity index (χ1n) is 8.78. The van der Waals surface area contributed by atoms with E-state index in [0.29, 0.717) is 22.9 Å². The molecule has 6 nitrogen and oxygen atoms in total. The van der Waals surface area contributed by atoms with E-state index >= 15 is 0 Å². The van der Waals surface area contributed by atoms with E-state index in [1.807, 2.05) is 49.4 Å². The molecule has 1 amide bonds. The molecule has 0 fully saturated rings. The minimum atomic E-state index is -0.263. The summed E-state index contributed by atoms with van der Waals surface area (Å²) in [6.07, 6.45) is 0. The van der Waals surface area contributed by atoms with E-state index in [1.165, 1.54) is 0 Å². The quantitative estimate of drug-likeness (QED) is 0.559. The van der Waals surface area contributed by atoms with Crippen molar-refractivity contribution in [2.24, 2.45) is 10.2 Å². The maximum atomic E-state index is 12.1. The Kier molecular flexibility index (Phi) is 6.36. The number of carbonyl (C=O) groups is 1. The standard InChI is InChI=1S/C22H21N3O3/c1-16-8-13-20(21(14-16)27-2)28-15-22(26)23-17-9-11-19(12-10-17)25-24-18-6-4-3-5-7-18/h3-14H,15H2,1-2H3,(H,23,26). The zero-order chi connectivity index (χ0) is 19.8. The predicted molar refractivity (Wildman–Crippen MR) is 109 cm³/mol. The van der Waals surface area contributed by atoms with Crippen molar-refractivity contribution in [3.05, 3.63) is 78.4 Å². The Morgan fingerprint density at radius 2 is 1.57 bits per heavy atom. The Bertz CT molecular complexity index is 955. The second-order valence-electron chi connectivity index (χ2n) is 6.07. The lowest BCUT2D eigenvalue weighted by atomic mass is 10.2. The third-order valence-corrected chi connectivity index (χ3v) is 3.87. The first-order chi connectivity index (χ1) is 13.6. The van der Waals surface area contributed by atoms with E-state index in [1.54, 1.807) is 37.4 Å². The van der Waals surface area contributed by atoms with Gasteiger partial charge in [-0.2, -0.15) is 10.2 Å². The Labute approximate surface area is 163 Å². The summed E-state index contributed by atoms with van der Waals surface area (Å²) in [6, 6.07) is 22.1. The largest absolute Gasteiger partial charge is 0.493 e. The number of azo groups is 1. The highest BCUT2D eigenvalue weighted by molar-refractivity contribution is 5.92. The molecular formula is C22H21N3O3. The van der Waals surface area contributed by atoms with E-state index < -0.39 is 0 Å².